The lowest BCUT2D eigenvalue weighted by atomic mass is 10.1. The molecule has 6 N–H and O–H groups in total. The zero-order chi connectivity index (χ0) is 27.0. The summed E-state index contributed by atoms with van der Waals surface area (Å²) in [5.41, 5.74) is 7.77. The number of aliphatic hydroxyl groups is 2. The number of hydrogen-bond donors (Lipinski definition) is 6. The number of fused-ring (bicyclic) bond motifs is 1. The lowest BCUT2D eigenvalue weighted by Gasteiger charge is -2.17. The summed E-state index contributed by atoms with van der Waals surface area (Å²) in [4.78, 5) is 29.8. The van der Waals surface area contributed by atoms with Crippen molar-refractivity contribution in [2.24, 2.45) is 0 Å². The largest absolute Gasteiger partial charge is 0.387 e. The van der Waals surface area contributed by atoms with E-state index in [4.69, 9.17) is 20.5 Å². The Morgan fingerprint density at radius 1 is 1.31 bits per heavy atom. The molecule has 1 aliphatic heterocycles. The van der Waals surface area contributed by atoms with Gasteiger partial charge in [0, 0.05) is 47.4 Å². The summed E-state index contributed by atoms with van der Waals surface area (Å²) in [7, 11) is 0. The normalized spacial score (nSPS) is 23.6. The fraction of sp³-hybridized carbons (Fsp3) is 0.300. The highest BCUT2D eigenvalue weighted by Gasteiger charge is 2.47. The lowest BCUT2D eigenvalue weighted by molar-refractivity contribution is -0.137. The maximum atomic E-state index is 12.4. The highest BCUT2D eigenvalue weighted by atomic mass is 35.5. The number of nitrogens with one attached hydrogen (secondary N) is 4. The minimum absolute atomic E-state index is 0.177. The number of amides is 1. The molecule has 1 saturated heterocycles. The number of pyridine rings is 1. The van der Waals surface area contributed by atoms with Crippen LogP contribution in [0.3, 0.4) is 0 Å². The van der Waals surface area contributed by atoms with Crippen LogP contribution in [0.1, 0.15) is 15.9 Å². The second-order valence-corrected chi connectivity index (χ2v) is 8.05. The van der Waals surface area contributed by atoms with Crippen LogP contribution in [0.2, 0.25) is 5.02 Å². The molecule has 1 fully saturated rings. The molecule has 4 aromatic heterocycles. The maximum Gasteiger partial charge on any atom is 0.251 e. The van der Waals surface area contributed by atoms with E-state index >= 15 is 0 Å². The number of hydrazine groups is 1. The van der Waals surface area contributed by atoms with Gasteiger partial charge in [-0.25, -0.2) is 20.4 Å². The van der Waals surface area contributed by atoms with Crippen molar-refractivity contribution in [2.75, 3.05) is 12.4 Å². The first-order chi connectivity index (χ1) is 18.1. The van der Waals surface area contributed by atoms with Crippen LogP contribution in [0.4, 0.5) is 5.82 Å². The van der Waals surface area contributed by atoms with Crippen LogP contribution in [0.25, 0.3) is 22.6 Å². The molecule has 35 heavy (non-hydrogen) atoms. The van der Waals surface area contributed by atoms with Crippen molar-refractivity contribution in [3.8, 4) is 11.4 Å². The summed E-state index contributed by atoms with van der Waals surface area (Å²) in [6.07, 6.45) is 1.31. The third-order valence-corrected chi connectivity index (χ3v) is 5.54. The summed E-state index contributed by atoms with van der Waals surface area (Å²) in [5.74, 6) is -0.641. The number of aliphatic hydroxyl groups excluding tert-OH is 2. The SMILES string of the molecule is [2H]C([2H])([2H])NC(=O)[C@H]1O[C@@H](n2cnc3c(NNCc4cn[nH]c4)nc(-c4cncc(Cl)c4)nc32)[C@H](O)[C@@H]1O. The van der Waals surface area contributed by atoms with Crippen molar-refractivity contribution < 1.29 is 23.9 Å². The standard InChI is InChI=1S/C20H21ClN10O4/c1-22-19(34)15-13(32)14(33)20(35-15)31-8-24-12-17(30-27-5-9-3-25-26-4-9)28-16(29-18(12)31)10-2-11(21)7-23-6-10/h2-4,6-8,13-15,20,27,32-33H,5H2,1H3,(H,22,34)(H,25,26)(H,28,29,30)/t13-,14+,15-,20+/m0/s1/i1D3. The van der Waals surface area contributed by atoms with Gasteiger partial charge in [0.15, 0.2) is 35.1 Å². The first-order valence-corrected chi connectivity index (χ1v) is 10.6. The van der Waals surface area contributed by atoms with E-state index in [0.29, 0.717) is 17.1 Å². The number of aromatic nitrogens is 7. The monoisotopic (exact) mass is 503 g/mol. The smallest absolute Gasteiger partial charge is 0.251 e. The van der Waals surface area contributed by atoms with Gasteiger partial charge in [-0.1, -0.05) is 11.6 Å². The minimum atomic E-state index is -2.80. The van der Waals surface area contributed by atoms with Crippen LogP contribution < -0.4 is 16.2 Å². The zero-order valence-corrected chi connectivity index (χ0v) is 18.5. The third kappa shape index (κ3) is 4.40. The number of likely N-dealkylation sites (N-methyl/N-ethyl adjacent to an activating group) is 1. The Hall–Kier alpha value is -3.69. The van der Waals surface area contributed by atoms with Gasteiger partial charge in [0.1, 0.15) is 12.2 Å². The Kier molecular flexibility index (Phi) is 5.33. The minimum Gasteiger partial charge on any atom is -0.387 e. The van der Waals surface area contributed by atoms with Gasteiger partial charge in [-0.15, -0.1) is 0 Å². The lowest BCUT2D eigenvalue weighted by Crippen LogP contribution is -2.41. The molecule has 14 nitrogen and oxygen atoms in total. The predicted octanol–water partition coefficient (Wildman–Crippen LogP) is -0.253. The van der Waals surface area contributed by atoms with Gasteiger partial charge in [0.2, 0.25) is 0 Å². The Morgan fingerprint density at radius 3 is 2.97 bits per heavy atom. The number of imidazole rings is 1. The Morgan fingerprint density at radius 2 is 2.20 bits per heavy atom. The molecule has 1 aliphatic rings. The summed E-state index contributed by atoms with van der Waals surface area (Å²) in [5, 5.41) is 29.9. The van der Waals surface area contributed by atoms with Crippen molar-refractivity contribution in [2.45, 2.75) is 31.1 Å². The number of hydrogen-bond acceptors (Lipinski definition) is 11. The molecule has 0 aromatic carbocycles. The van der Waals surface area contributed by atoms with Gasteiger partial charge in [-0.3, -0.25) is 19.4 Å². The van der Waals surface area contributed by atoms with Crippen molar-refractivity contribution in [3.63, 3.8) is 0 Å². The van der Waals surface area contributed by atoms with Gasteiger partial charge >= 0.3 is 0 Å². The van der Waals surface area contributed by atoms with Crippen molar-refractivity contribution in [3.05, 3.63) is 47.8 Å². The zero-order valence-electron chi connectivity index (χ0n) is 20.8. The van der Waals surface area contributed by atoms with E-state index < -0.39 is 37.4 Å². The van der Waals surface area contributed by atoms with Gasteiger partial charge in [0.05, 0.1) is 17.5 Å². The van der Waals surface area contributed by atoms with Gasteiger partial charge < -0.3 is 25.7 Å². The van der Waals surface area contributed by atoms with E-state index in [1.807, 2.05) is 0 Å². The first-order valence-electron chi connectivity index (χ1n) is 11.8. The van der Waals surface area contributed by atoms with E-state index in [2.05, 4.69) is 41.0 Å². The number of rotatable bonds is 7. The molecule has 0 spiro atoms. The molecule has 15 heteroatoms. The molecule has 5 heterocycles. The molecule has 4 aromatic rings. The van der Waals surface area contributed by atoms with Crippen LogP contribution in [0, 0.1) is 0 Å². The molecule has 5 rings (SSSR count). The number of H-pyrrole nitrogens is 1. The number of carbonyl (C=O) groups is 1. The summed E-state index contributed by atoms with van der Waals surface area (Å²) >= 11 is 6.10. The van der Waals surface area contributed by atoms with E-state index in [9.17, 15) is 15.0 Å². The topological polar surface area (TPSA) is 188 Å². The number of halogens is 1. The summed E-state index contributed by atoms with van der Waals surface area (Å²) < 4.78 is 28.6. The van der Waals surface area contributed by atoms with Crippen LogP contribution in [0.5, 0.6) is 0 Å². The molecule has 0 bridgehead atoms. The fourth-order valence-electron chi connectivity index (χ4n) is 3.63. The molecular formula is C20H21ClN10O4. The van der Waals surface area contributed by atoms with Crippen LogP contribution in [-0.4, -0.2) is 76.1 Å². The van der Waals surface area contributed by atoms with E-state index in [0.717, 1.165) is 5.56 Å². The van der Waals surface area contributed by atoms with Crippen molar-refractivity contribution >= 4 is 34.5 Å². The van der Waals surface area contributed by atoms with Crippen LogP contribution in [-0.2, 0) is 16.1 Å². The highest BCUT2D eigenvalue weighted by molar-refractivity contribution is 6.30. The first kappa shape index (κ1) is 19.6. The number of aromatic amines is 1. The Bertz CT molecular complexity index is 1450. The molecule has 0 saturated carbocycles. The molecule has 182 valence electrons. The Labute approximate surface area is 206 Å². The quantitative estimate of drug-likeness (QED) is 0.182. The molecular weight excluding hydrogens is 480 g/mol. The summed E-state index contributed by atoms with van der Waals surface area (Å²) in [6, 6.07) is 1.61. The van der Waals surface area contributed by atoms with Crippen molar-refractivity contribution in [1.29, 1.82) is 0 Å². The second kappa shape index (κ2) is 9.52. The predicted molar refractivity (Wildman–Crippen MR) is 123 cm³/mol. The maximum absolute atomic E-state index is 12.4. The van der Waals surface area contributed by atoms with Crippen LogP contribution in [0.15, 0.2) is 37.2 Å². The summed E-state index contributed by atoms with van der Waals surface area (Å²) in [6.45, 7) is -2.42. The second-order valence-electron chi connectivity index (χ2n) is 7.61. The highest BCUT2D eigenvalue weighted by Crippen LogP contribution is 2.33. The molecule has 0 radical (unpaired) electrons. The molecule has 4 atom stereocenters. The van der Waals surface area contributed by atoms with Gasteiger partial charge in [0.25, 0.3) is 5.91 Å². The van der Waals surface area contributed by atoms with Crippen molar-refractivity contribution in [1.82, 2.24) is 45.4 Å². The van der Waals surface area contributed by atoms with Gasteiger partial charge in [-0.05, 0) is 6.07 Å². The number of carbonyl (C=O) groups excluding carboxylic acids is 1. The molecule has 0 aliphatic carbocycles. The van der Waals surface area contributed by atoms with E-state index in [1.165, 1.54) is 23.3 Å². The number of anilines is 1. The number of ether oxygens (including phenoxy) is 1. The van der Waals surface area contributed by atoms with Gasteiger partial charge in [-0.2, -0.15) is 5.10 Å². The van der Waals surface area contributed by atoms with E-state index in [1.54, 1.807) is 23.8 Å². The average molecular weight is 504 g/mol. The van der Waals surface area contributed by atoms with Crippen LogP contribution >= 0.6 is 11.6 Å². The number of nitrogens with zero attached hydrogens (tertiary/aromatic N) is 6. The average Bonchev–Trinajstić information content (AvgIpc) is 3.58. The van der Waals surface area contributed by atoms with E-state index in [-0.39, 0.29) is 22.8 Å². The molecule has 0 unspecified atom stereocenters. The fourth-order valence-corrected chi connectivity index (χ4v) is 3.81. The third-order valence-electron chi connectivity index (χ3n) is 5.33. The molecule has 1 amide bonds. The Balaban J connectivity index is 1.51.